The number of allylic oxidation sites excluding steroid dienone is 1. The van der Waals surface area contributed by atoms with Gasteiger partial charge >= 0.3 is 5.97 Å². The highest BCUT2D eigenvalue weighted by Gasteiger charge is 2.23. The molecular formula is C4H6I2O3. The molecular weight excluding hydrogens is 350 g/mol. The van der Waals surface area contributed by atoms with Gasteiger partial charge in [0.15, 0.2) is 0 Å². The van der Waals surface area contributed by atoms with Gasteiger partial charge in [-0.25, -0.2) is 0 Å². The maximum absolute atomic E-state index is 8.50. The first-order chi connectivity index (χ1) is 3.85. The summed E-state index contributed by atoms with van der Waals surface area (Å²) >= 11 is 3.55. The zero-order valence-corrected chi connectivity index (χ0v) is 8.91. The van der Waals surface area contributed by atoms with Gasteiger partial charge in [-0.2, -0.15) is 0 Å². The molecule has 0 aromatic heterocycles. The summed E-state index contributed by atoms with van der Waals surface area (Å²) in [5.74, 6) is -2.66. The number of hydrogen-bond acceptors (Lipinski definition) is 3. The Bertz CT molecular complexity index is 131. The van der Waals surface area contributed by atoms with E-state index in [4.69, 9.17) is 15.3 Å². The third kappa shape index (κ3) is 3.71. The van der Waals surface area contributed by atoms with Gasteiger partial charge in [-0.1, -0.05) is 0 Å². The summed E-state index contributed by atoms with van der Waals surface area (Å²) in [5.41, 5.74) is 0. The lowest BCUT2D eigenvalue weighted by atomic mass is 10.5. The minimum absolute atomic E-state index is 0.126. The Morgan fingerprint density at radius 1 is 1.22 bits per heavy atom. The standard InChI is InChI=1S/C4H6I2O3/c1-2(5)3(6)4(7,8)9/h7-9H,1H3. The number of rotatable bonds is 1. The van der Waals surface area contributed by atoms with E-state index in [9.17, 15) is 0 Å². The first-order valence-electron chi connectivity index (χ1n) is 2.05. The van der Waals surface area contributed by atoms with Crippen molar-refractivity contribution in [3.05, 3.63) is 7.16 Å². The second kappa shape index (κ2) is 3.46. The molecule has 0 unspecified atom stereocenters. The van der Waals surface area contributed by atoms with Crippen LogP contribution < -0.4 is 0 Å². The van der Waals surface area contributed by atoms with E-state index in [1.165, 1.54) is 0 Å². The molecule has 3 nitrogen and oxygen atoms in total. The summed E-state index contributed by atoms with van der Waals surface area (Å²) < 4.78 is 0.779. The summed E-state index contributed by atoms with van der Waals surface area (Å²) in [5, 5.41) is 25.5. The van der Waals surface area contributed by atoms with Gasteiger partial charge in [0.25, 0.3) is 0 Å². The fourth-order valence-corrected chi connectivity index (χ4v) is 0.593. The van der Waals surface area contributed by atoms with Gasteiger partial charge in [0.2, 0.25) is 0 Å². The molecule has 0 aliphatic rings. The third-order valence-electron chi connectivity index (χ3n) is 0.597. The molecule has 9 heavy (non-hydrogen) atoms. The zero-order chi connectivity index (χ0) is 7.65. The maximum atomic E-state index is 8.50. The van der Waals surface area contributed by atoms with Crippen molar-refractivity contribution in [3.8, 4) is 0 Å². The van der Waals surface area contributed by atoms with E-state index < -0.39 is 5.97 Å². The van der Waals surface area contributed by atoms with Crippen LogP contribution in [0.4, 0.5) is 0 Å². The van der Waals surface area contributed by atoms with E-state index in [0.717, 1.165) is 0 Å². The highest BCUT2D eigenvalue weighted by molar-refractivity contribution is 14.1. The smallest absolute Gasteiger partial charge is 0.311 e. The summed E-state index contributed by atoms with van der Waals surface area (Å²) in [6, 6.07) is 0. The molecule has 0 spiro atoms. The van der Waals surface area contributed by atoms with Gasteiger partial charge in [-0.15, -0.1) is 0 Å². The fraction of sp³-hybridized carbons (Fsp3) is 0.500. The van der Waals surface area contributed by atoms with Crippen molar-refractivity contribution in [2.45, 2.75) is 12.9 Å². The lowest BCUT2D eigenvalue weighted by molar-refractivity contribution is -0.274. The van der Waals surface area contributed by atoms with E-state index in [2.05, 4.69) is 0 Å². The molecule has 0 atom stereocenters. The predicted octanol–water partition coefficient (Wildman–Crippen LogP) is 0.719. The molecule has 3 N–H and O–H groups in total. The SMILES string of the molecule is CC(I)=C(I)C(O)(O)O. The van der Waals surface area contributed by atoms with Crippen molar-refractivity contribution in [1.29, 1.82) is 0 Å². The molecule has 5 heteroatoms. The molecule has 0 aliphatic heterocycles. The molecule has 0 aromatic carbocycles. The van der Waals surface area contributed by atoms with Crippen molar-refractivity contribution < 1.29 is 15.3 Å². The molecule has 54 valence electrons. The number of aliphatic hydroxyl groups is 3. The number of halogens is 2. The first-order valence-corrected chi connectivity index (χ1v) is 4.21. The Balaban J connectivity index is 4.40. The Hall–Kier alpha value is 1.08. The maximum Gasteiger partial charge on any atom is 0.311 e. The Kier molecular flexibility index (Phi) is 3.88. The normalized spacial score (nSPS) is 15.3. The van der Waals surface area contributed by atoms with Crippen LogP contribution in [0.3, 0.4) is 0 Å². The monoisotopic (exact) mass is 356 g/mol. The summed E-state index contributed by atoms with van der Waals surface area (Å²) in [6.45, 7) is 1.67. The van der Waals surface area contributed by atoms with Crippen LogP contribution in [0.5, 0.6) is 0 Å². The molecule has 0 bridgehead atoms. The molecule has 0 aliphatic carbocycles. The zero-order valence-electron chi connectivity index (χ0n) is 4.60. The average molecular weight is 356 g/mol. The molecule has 0 fully saturated rings. The minimum Gasteiger partial charge on any atom is -0.339 e. The van der Waals surface area contributed by atoms with Gasteiger partial charge in [0.05, 0.1) is 3.58 Å². The van der Waals surface area contributed by atoms with Gasteiger partial charge in [-0.3, -0.25) is 0 Å². The van der Waals surface area contributed by atoms with Crippen LogP contribution in [0, 0.1) is 0 Å². The molecule has 0 saturated carbocycles. The fourth-order valence-electron chi connectivity index (χ4n) is 0.231. The first kappa shape index (κ1) is 10.1. The van der Waals surface area contributed by atoms with Crippen LogP contribution in [0.25, 0.3) is 0 Å². The van der Waals surface area contributed by atoms with Gasteiger partial charge in [-0.05, 0) is 52.1 Å². The van der Waals surface area contributed by atoms with Gasteiger partial charge in [0, 0.05) is 3.58 Å². The lowest BCUT2D eigenvalue weighted by Gasteiger charge is -2.13. The second-order valence-electron chi connectivity index (χ2n) is 1.48. The van der Waals surface area contributed by atoms with E-state index >= 15 is 0 Å². The summed E-state index contributed by atoms with van der Waals surface area (Å²) in [6.07, 6.45) is 0. The van der Waals surface area contributed by atoms with Crippen molar-refractivity contribution in [3.63, 3.8) is 0 Å². The second-order valence-corrected chi connectivity index (χ2v) is 4.18. The molecule has 0 saturated heterocycles. The van der Waals surface area contributed by atoms with Crippen molar-refractivity contribution in [2.24, 2.45) is 0 Å². The molecule has 0 aromatic rings. The van der Waals surface area contributed by atoms with Crippen LogP contribution in [-0.2, 0) is 0 Å². The molecule has 0 radical (unpaired) electrons. The topological polar surface area (TPSA) is 60.7 Å². The van der Waals surface area contributed by atoms with E-state index in [1.54, 1.807) is 29.5 Å². The summed E-state index contributed by atoms with van der Waals surface area (Å²) in [4.78, 5) is 0. The van der Waals surface area contributed by atoms with Crippen LogP contribution in [-0.4, -0.2) is 21.3 Å². The third-order valence-corrected chi connectivity index (χ3v) is 3.70. The van der Waals surface area contributed by atoms with Crippen LogP contribution >= 0.6 is 45.2 Å². The van der Waals surface area contributed by atoms with E-state index in [1.807, 2.05) is 22.6 Å². The highest BCUT2D eigenvalue weighted by atomic mass is 127. The van der Waals surface area contributed by atoms with Gasteiger partial charge in [0.1, 0.15) is 0 Å². The van der Waals surface area contributed by atoms with Crippen molar-refractivity contribution in [2.75, 3.05) is 0 Å². The Labute approximate surface area is 80.1 Å². The minimum atomic E-state index is -2.66. The van der Waals surface area contributed by atoms with Crippen molar-refractivity contribution >= 4 is 45.2 Å². The van der Waals surface area contributed by atoms with Crippen LogP contribution in [0.1, 0.15) is 6.92 Å². The van der Waals surface area contributed by atoms with Gasteiger partial charge < -0.3 is 15.3 Å². The van der Waals surface area contributed by atoms with Crippen LogP contribution in [0.2, 0.25) is 0 Å². The molecule has 0 amide bonds. The Morgan fingerprint density at radius 3 is 1.56 bits per heavy atom. The lowest BCUT2D eigenvalue weighted by Crippen LogP contribution is -2.27. The largest absolute Gasteiger partial charge is 0.339 e. The highest BCUT2D eigenvalue weighted by Crippen LogP contribution is 2.25. The predicted molar refractivity (Wildman–Crippen MR) is 50.1 cm³/mol. The summed E-state index contributed by atoms with van der Waals surface area (Å²) in [7, 11) is 0. The van der Waals surface area contributed by atoms with E-state index in [0.29, 0.717) is 3.58 Å². The molecule has 0 heterocycles. The Morgan fingerprint density at radius 2 is 1.56 bits per heavy atom. The van der Waals surface area contributed by atoms with Crippen LogP contribution in [0.15, 0.2) is 7.16 Å². The average Bonchev–Trinajstić information content (AvgIpc) is 1.62. The number of hydrogen-bond donors (Lipinski definition) is 3. The quantitative estimate of drug-likeness (QED) is 0.480. The van der Waals surface area contributed by atoms with Crippen molar-refractivity contribution in [1.82, 2.24) is 0 Å². The van der Waals surface area contributed by atoms with E-state index in [-0.39, 0.29) is 3.58 Å². The molecule has 0 rings (SSSR count).